The number of aryl methyl sites for hydroxylation is 1. The molecular weight excluding hydrogens is 252 g/mol. The molecule has 20 heavy (non-hydrogen) atoms. The molecule has 1 amide bonds. The number of rotatable bonds is 4. The number of likely N-dealkylation sites (tertiary alicyclic amines) is 1. The quantitative estimate of drug-likeness (QED) is 0.917. The van der Waals surface area contributed by atoms with Crippen molar-refractivity contribution in [2.45, 2.75) is 32.7 Å². The first-order valence-corrected chi connectivity index (χ1v) is 7.33. The molecule has 1 saturated heterocycles. The average Bonchev–Trinajstić information content (AvgIpc) is 2.47. The maximum absolute atomic E-state index is 12.7. The second-order valence-electron chi connectivity index (χ2n) is 5.35. The largest absolute Gasteiger partial charge is 0.496 e. The molecular formula is C16H24N2O2. The molecule has 0 bridgehead atoms. The molecule has 110 valence electrons. The van der Waals surface area contributed by atoms with Gasteiger partial charge in [-0.1, -0.05) is 18.6 Å². The van der Waals surface area contributed by atoms with Gasteiger partial charge in [0.15, 0.2) is 0 Å². The van der Waals surface area contributed by atoms with Crippen molar-refractivity contribution in [1.29, 1.82) is 0 Å². The van der Waals surface area contributed by atoms with Gasteiger partial charge in [-0.05, 0) is 38.4 Å². The summed E-state index contributed by atoms with van der Waals surface area (Å²) in [6, 6.07) is 6.16. The topological polar surface area (TPSA) is 41.6 Å². The summed E-state index contributed by atoms with van der Waals surface area (Å²) in [6.07, 6.45) is 2.19. The van der Waals surface area contributed by atoms with E-state index >= 15 is 0 Å². The Kier molecular flexibility index (Phi) is 5.01. The van der Waals surface area contributed by atoms with Crippen LogP contribution in [0, 0.1) is 6.92 Å². The standard InChI is InChI=1S/C16H24N2O2/c1-4-17-13-6-5-9-18(11-13)16(19)14-10-12(2)7-8-15(14)20-3/h7-8,10,13,17H,4-6,9,11H2,1-3H3. The zero-order valence-electron chi connectivity index (χ0n) is 12.6. The number of carbonyl (C=O) groups excluding carboxylic acids is 1. The van der Waals surface area contributed by atoms with Crippen molar-refractivity contribution in [2.24, 2.45) is 0 Å². The molecule has 2 rings (SSSR count). The van der Waals surface area contributed by atoms with Crippen molar-refractivity contribution >= 4 is 5.91 Å². The zero-order chi connectivity index (χ0) is 14.5. The molecule has 1 atom stereocenters. The van der Waals surface area contributed by atoms with E-state index in [0.29, 0.717) is 17.4 Å². The highest BCUT2D eigenvalue weighted by Gasteiger charge is 2.25. The van der Waals surface area contributed by atoms with E-state index in [1.807, 2.05) is 30.0 Å². The van der Waals surface area contributed by atoms with Crippen LogP contribution in [0.4, 0.5) is 0 Å². The number of nitrogens with zero attached hydrogens (tertiary/aromatic N) is 1. The third-order valence-corrected chi connectivity index (χ3v) is 3.79. The van der Waals surface area contributed by atoms with Gasteiger partial charge in [0.1, 0.15) is 5.75 Å². The minimum Gasteiger partial charge on any atom is -0.496 e. The molecule has 0 saturated carbocycles. The lowest BCUT2D eigenvalue weighted by Gasteiger charge is -2.33. The van der Waals surface area contributed by atoms with Gasteiger partial charge in [-0.15, -0.1) is 0 Å². The van der Waals surface area contributed by atoms with Crippen molar-refractivity contribution in [1.82, 2.24) is 10.2 Å². The number of hydrogen-bond acceptors (Lipinski definition) is 3. The van der Waals surface area contributed by atoms with E-state index in [4.69, 9.17) is 4.74 Å². The molecule has 0 radical (unpaired) electrons. The Bertz CT molecular complexity index is 472. The van der Waals surface area contributed by atoms with E-state index in [2.05, 4.69) is 12.2 Å². The molecule has 1 unspecified atom stereocenters. The van der Waals surface area contributed by atoms with E-state index in [-0.39, 0.29) is 5.91 Å². The van der Waals surface area contributed by atoms with Crippen LogP contribution in [0.3, 0.4) is 0 Å². The highest BCUT2D eigenvalue weighted by Crippen LogP contribution is 2.23. The summed E-state index contributed by atoms with van der Waals surface area (Å²) in [5.41, 5.74) is 1.75. The Morgan fingerprint density at radius 2 is 2.30 bits per heavy atom. The van der Waals surface area contributed by atoms with Gasteiger partial charge < -0.3 is 15.0 Å². The van der Waals surface area contributed by atoms with Gasteiger partial charge in [-0.3, -0.25) is 4.79 Å². The Morgan fingerprint density at radius 1 is 1.50 bits per heavy atom. The minimum atomic E-state index is 0.0770. The fourth-order valence-corrected chi connectivity index (χ4v) is 2.78. The van der Waals surface area contributed by atoms with Crippen molar-refractivity contribution in [3.05, 3.63) is 29.3 Å². The smallest absolute Gasteiger partial charge is 0.257 e. The number of hydrogen-bond donors (Lipinski definition) is 1. The van der Waals surface area contributed by atoms with E-state index in [1.165, 1.54) is 0 Å². The molecule has 0 aliphatic carbocycles. The maximum Gasteiger partial charge on any atom is 0.257 e. The number of nitrogens with one attached hydrogen (secondary N) is 1. The van der Waals surface area contributed by atoms with Crippen molar-refractivity contribution in [3.8, 4) is 5.75 Å². The lowest BCUT2D eigenvalue weighted by Crippen LogP contribution is -2.48. The molecule has 0 spiro atoms. The summed E-state index contributed by atoms with van der Waals surface area (Å²) in [7, 11) is 1.61. The van der Waals surface area contributed by atoms with Crippen LogP contribution in [0.25, 0.3) is 0 Å². The lowest BCUT2D eigenvalue weighted by molar-refractivity contribution is 0.0692. The normalized spacial score (nSPS) is 18.9. The van der Waals surface area contributed by atoms with Crippen LogP contribution in [0.5, 0.6) is 5.75 Å². The molecule has 4 nitrogen and oxygen atoms in total. The van der Waals surface area contributed by atoms with Crippen molar-refractivity contribution in [3.63, 3.8) is 0 Å². The molecule has 1 aromatic rings. The molecule has 4 heteroatoms. The Labute approximate surface area is 121 Å². The second kappa shape index (κ2) is 6.75. The van der Waals surface area contributed by atoms with Crippen LogP contribution in [0.15, 0.2) is 18.2 Å². The number of amides is 1. The second-order valence-corrected chi connectivity index (χ2v) is 5.35. The van der Waals surface area contributed by atoms with Gasteiger partial charge in [0.2, 0.25) is 0 Å². The molecule has 1 aromatic carbocycles. The SMILES string of the molecule is CCNC1CCCN(C(=O)c2cc(C)ccc2OC)C1. The molecule has 1 heterocycles. The number of likely N-dealkylation sites (N-methyl/N-ethyl adjacent to an activating group) is 1. The first kappa shape index (κ1) is 14.9. The van der Waals surface area contributed by atoms with E-state index in [0.717, 1.165) is 38.0 Å². The molecule has 1 N–H and O–H groups in total. The number of piperidine rings is 1. The Morgan fingerprint density at radius 3 is 3.00 bits per heavy atom. The lowest BCUT2D eigenvalue weighted by atomic mass is 10.0. The zero-order valence-corrected chi connectivity index (χ0v) is 12.6. The first-order chi connectivity index (χ1) is 9.65. The molecule has 0 aromatic heterocycles. The highest BCUT2D eigenvalue weighted by molar-refractivity contribution is 5.97. The van der Waals surface area contributed by atoms with Crippen LogP contribution in [-0.2, 0) is 0 Å². The van der Waals surface area contributed by atoms with Crippen LogP contribution in [0.2, 0.25) is 0 Å². The summed E-state index contributed by atoms with van der Waals surface area (Å²) in [6.45, 7) is 6.65. The number of carbonyl (C=O) groups is 1. The third-order valence-electron chi connectivity index (χ3n) is 3.79. The average molecular weight is 276 g/mol. The van der Waals surface area contributed by atoms with Crippen molar-refractivity contribution in [2.75, 3.05) is 26.7 Å². The third kappa shape index (κ3) is 3.31. The number of ether oxygens (including phenoxy) is 1. The van der Waals surface area contributed by atoms with Gasteiger partial charge in [-0.25, -0.2) is 0 Å². The van der Waals surface area contributed by atoms with Crippen molar-refractivity contribution < 1.29 is 9.53 Å². The molecule has 1 fully saturated rings. The van der Waals surface area contributed by atoms with Crippen LogP contribution < -0.4 is 10.1 Å². The van der Waals surface area contributed by atoms with Gasteiger partial charge in [-0.2, -0.15) is 0 Å². The van der Waals surface area contributed by atoms with Crippen LogP contribution in [-0.4, -0.2) is 43.6 Å². The van der Waals surface area contributed by atoms with Gasteiger partial charge in [0, 0.05) is 19.1 Å². The molecule has 1 aliphatic heterocycles. The van der Waals surface area contributed by atoms with Crippen LogP contribution >= 0.6 is 0 Å². The van der Waals surface area contributed by atoms with E-state index in [1.54, 1.807) is 7.11 Å². The van der Waals surface area contributed by atoms with E-state index in [9.17, 15) is 4.79 Å². The number of methoxy groups -OCH3 is 1. The fourth-order valence-electron chi connectivity index (χ4n) is 2.78. The summed E-state index contributed by atoms with van der Waals surface area (Å²) in [5, 5.41) is 3.44. The van der Waals surface area contributed by atoms with Gasteiger partial charge >= 0.3 is 0 Å². The fraction of sp³-hybridized carbons (Fsp3) is 0.562. The first-order valence-electron chi connectivity index (χ1n) is 7.33. The highest BCUT2D eigenvalue weighted by atomic mass is 16.5. The number of benzene rings is 1. The molecule has 1 aliphatic rings. The summed E-state index contributed by atoms with van der Waals surface area (Å²) in [5.74, 6) is 0.735. The Hall–Kier alpha value is -1.55. The van der Waals surface area contributed by atoms with Crippen LogP contribution in [0.1, 0.15) is 35.7 Å². The monoisotopic (exact) mass is 276 g/mol. The minimum absolute atomic E-state index is 0.0770. The maximum atomic E-state index is 12.7. The summed E-state index contributed by atoms with van der Waals surface area (Å²) >= 11 is 0. The van der Waals surface area contributed by atoms with Gasteiger partial charge in [0.25, 0.3) is 5.91 Å². The van der Waals surface area contributed by atoms with Gasteiger partial charge in [0.05, 0.1) is 12.7 Å². The summed E-state index contributed by atoms with van der Waals surface area (Å²) in [4.78, 5) is 14.6. The van der Waals surface area contributed by atoms with E-state index < -0.39 is 0 Å². The predicted molar refractivity (Wildman–Crippen MR) is 80.3 cm³/mol. The predicted octanol–water partition coefficient (Wildman–Crippen LogP) is 2.22. The Balaban J connectivity index is 2.16. The summed E-state index contributed by atoms with van der Waals surface area (Å²) < 4.78 is 5.32.